The summed E-state index contributed by atoms with van der Waals surface area (Å²) in [4.78, 5) is 16.5. The lowest BCUT2D eigenvalue weighted by atomic mass is 10.2. The number of benzene rings is 1. The monoisotopic (exact) mass is 346 g/mol. The van der Waals surface area contributed by atoms with Crippen molar-refractivity contribution >= 4 is 15.7 Å². The first-order valence-corrected chi connectivity index (χ1v) is 9.42. The van der Waals surface area contributed by atoms with Crippen molar-refractivity contribution in [1.82, 2.24) is 10.3 Å². The third-order valence-corrected chi connectivity index (χ3v) is 5.52. The van der Waals surface area contributed by atoms with E-state index in [9.17, 15) is 13.2 Å². The van der Waals surface area contributed by atoms with E-state index in [2.05, 4.69) is 10.3 Å². The highest BCUT2D eigenvalue weighted by molar-refractivity contribution is 7.91. The fourth-order valence-corrected chi connectivity index (χ4v) is 3.81. The fourth-order valence-electron chi connectivity index (χ4n) is 2.33. The van der Waals surface area contributed by atoms with Gasteiger partial charge < -0.3 is 5.32 Å². The van der Waals surface area contributed by atoms with Gasteiger partial charge in [0.05, 0.1) is 17.1 Å². The van der Waals surface area contributed by atoms with Gasteiger partial charge in [-0.25, -0.2) is 8.42 Å². The molecule has 2 rings (SSSR count). The number of sulfone groups is 1. The largest absolute Gasteiger partial charge is 0.352 e. The van der Waals surface area contributed by atoms with E-state index in [1.54, 1.807) is 37.4 Å². The smallest absolute Gasteiger partial charge is 0.224 e. The predicted molar refractivity (Wildman–Crippen MR) is 93.5 cm³/mol. The zero-order chi connectivity index (χ0) is 17.7. The Morgan fingerprint density at radius 1 is 1.12 bits per heavy atom. The number of aryl methyl sites for hydroxylation is 2. The highest BCUT2D eigenvalue weighted by Gasteiger charge is 2.19. The van der Waals surface area contributed by atoms with Gasteiger partial charge in [-0.1, -0.05) is 23.8 Å². The minimum absolute atomic E-state index is 0.131. The van der Waals surface area contributed by atoms with E-state index in [4.69, 9.17) is 0 Å². The number of rotatable bonds is 6. The molecule has 0 fully saturated rings. The predicted octanol–water partition coefficient (Wildman–Crippen LogP) is 2.22. The van der Waals surface area contributed by atoms with Crippen molar-refractivity contribution in [3.05, 3.63) is 59.4 Å². The highest BCUT2D eigenvalue weighted by Crippen LogP contribution is 2.13. The van der Waals surface area contributed by atoms with E-state index in [0.29, 0.717) is 0 Å². The van der Waals surface area contributed by atoms with E-state index in [1.165, 1.54) is 0 Å². The number of aromatic nitrogens is 1. The molecule has 0 saturated heterocycles. The van der Waals surface area contributed by atoms with Crippen LogP contribution in [0.3, 0.4) is 0 Å². The molecule has 0 aliphatic rings. The third-order valence-electron chi connectivity index (χ3n) is 3.59. The number of carbonyl (C=O) groups is 1. The number of hydrogen-bond donors (Lipinski definition) is 1. The Labute approximate surface area is 143 Å². The van der Waals surface area contributed by atoms with Crippen LogP contribution in [0.1, 0.15) is 23.7 Å². The van der Waals surface area contributed by atoms with E-state index in [1.807, 2.05) is 26.0 Å². The first-order valence-electron chi connectivity index (χ1n) is 7.76. The number of nitrogens with one attached hydrogen (secondary N) is 1. The lowest BCUT2D eigenvalue weighted by Crippen LogP contribution is -2.38. The second-order valence-corrected chi connectivity index (χ2v) is 8.08. The van der Waals surface area contributed by atoms with Gasteiger partial charge >= 0.3 is 0 Å². The van der Waals surface area contributed by atoms with Crippen molar-refractivity contribution in [3.63, 3.8) is 0 Å². The summed E-state index contributed by atoms with van der Waals surface area (Å²) in [5.41, 5.74) is 2.69. The van der Waals surface area contributed by atoms with Gasteiger partial charge in [0.15, 0.2) is 9.84 Å². The number of nitrogens with zero attached hydrogens (tertiary/aromatic N) is 1. The summed E-state index contributed by atoms with van der Waals surface area (Å²) in [6.07, 6.45) is 1.84. The number of pyridine rings is 1. The molecule has 1 aromatic carbocycles. The summed E-state index contributed by atoms with van der Waals surface area (Å²) < 4.78 is 24.7. The molecule has 0 spiro atoms. The fraction of sp³-hybridized carbons (Fsp3) is 0.333. The Bertz CT molecular complexity index is 797. The lowest BCUT2D eigenvalue weighted by molar-refractivity contribution is -0.120. The van der Waals surface area contributed by atoms with Crippen molar-refractivity contribution in [1.29, 1.82) is 0 Å². The quantitative estimate of drug-likeness (QED) is 0.870. The Balaban J connectivity index is 1.94. The van der Waals surface area contributed by atoms with Crippen LogP contribution < -0.4 is 5.32 Å². The number of amides is 1. The average molecular weight is 346 g/mol. The van der Waals surface area contributed by atoms with Gasteiger partial charge in [-0.3, -0.25) is 9.78 Å². The molecule has 0 aliphatic carbocycles. The molecule has 1 amide bonds. The topological polar surface area (TPSA) is 76.1 Å². The first kappa shape index (κ1) is 18.1. The minimum Gasteiger partial charge on any atom is -0.352 e. The van der Waals surface area contributed by atoms with E-state index in [0.717, 1.165) is 16.8 Å². The first-order chi connectivity index (χ1) is 11.3. The molecule has 0 saturated carbocycles. The van der Waals surface area contributed by atoms with Gasteiger partial charge in [0.1, 0.15) is 0 Å². The Kier molecular flexibility index (Phi) is 5.72. The van der Waals surface area contributed by atoms with Crippen LogP contribution in [0.4, 0.5) is 0 Å². The molecule has 128 valence electrons. The molecular formula is C18H22N2O3S. The van der Waals surface area contributed by atoms with Crippen molar-refractivity contribution in [2.24, 2.45) is 0 Å². The van der Waals surface area contributed by atoms with Gasteiger partial charge in [0.2, 0.25) is 5.91 Å². The maximum atomic E-state index is 12.4. The third kappa shape index (κ3) is 5.16. The van der Waals surface area contributed by atoms with Crippen LogP contribution in [0.15, 0.2) is 47.5 Å². The average Bonchev–Trinajstić information content (AvgIpc) is 2.49. The molecule has 0 aliphatic heterocycles. The van der Waals surface area contributed by atoms with Crippen LogP contribution >= 0.6 is 0 Å². The summed E-state index contributed by atoms with van der Waals surface area (Å²) in [5.74, 6) is -0.347. The van der Waals surface area contributed by atoms with Crippen molar-refractivity contribution in [2.45, 2.75) is 38.1 Å². The molecule has 6 heteroatoms. The van der Waals surface area contributed by atoms with Gasteiger partial charge in [0, 0.05) is 17.9 Å². The van der Waals surface area contributed by atoms with Crippen LogP contribution in [-0.2, 0) is 21.1 Å². The molecular weight excluding hydrogens is 324 g/mol. The molecule has 0 unspecified atom stereocenters. The Morgan fingerprint density at radius 3 is 2.38 bits per heavy atom. The van der Waals surface area contributed by atoms with Gasteiger partial charge in [-0.2, -0.15) is 0 Å². The van der Waals surface area contributed by atoms with Gasteiger partial charge in [-0.05, 0) is 44.5 Å². The van der Waals surface area contributed by atoms with Crippen LogP contribution in [-0.4, -0.2) is 31.1 Å². The second kappa shape index (κ2) is 7.57. The zero-order valence-corrected chi connectivity index (χ0v) is 14.9. The molecule has 1 atom stereocenters. The molecule has 0 radical (unpaired) electrons. The van der Waals surface area contributed by atoms with Crippen LogP contribution in [0, 0.1) is 13.8 Å². The summed E-state index contributed by atoms with van der Waals surface area (Å²) in [7, 11) is -3.43. The van der Waals surface area contributed by atoms with Crippen LogP contribution in [0.5, 0.6) is 0 Å². The number of hydrogen-bond acceptors (Lipinski definition) is 4. The lowest BCUT2D eigenvalue weighted by Gasteiger charge is -2.14. The molecule has 1 heterocycles. The van der Waals surface area contributed by atoms with Crippen LogP contribution in [0.2, 0.25) is 0 Å². The minimum atomic E-state index is -3.43. The summed E-state index contributed by atoms with van der Waals surface area (Å²) in [5, 5.41) is 2.73. The van der Waals surface area contributed by atoms with Crippen molar-refractivity contribution < 1.29 is 13.2 Å². The van der Waals surface area contributed by atoms with Crippen LogP contribution in [0.25, 0.3) is 0 Å². The molecule has 24 heavy (non-hydrogen) atoms. The molecule has 1 aromatic heterocycles. The van der Waals surface area contributed by atoms with Crippen molar-refractivity contribution in [2.75, 3.05) is 5.75 Å². The molecule has 1 N–H and O–H groups in total. The van der Waals surface area contributed by atoms with Gasteiger partial charge in [-0.15, -0.1) is 0 Å². The summed E-state index contributed by atoms with van der Waals surface area (Å²) >= 11 is 0. The maximum Gasteiger partial charge on any atom is 0.224 e. The number of carbonyl (C=O) groups excluding carboxylic acids is 1. The van der Waals surface area contributed by atoms with Gasteiger partial charge in [0.25, 0.3) is 0 Å². The molecule has 5 nitrogen and oxygen atoms in total. The second-order valence-electron chi connectivity index (χ2n) is 6.05. The zero-order valence-electron chi connectivity index (χ0n) is 14.1. The summed E-state index contributed by atoms with van der Waals surface area (Å²) in [6, 6.07) is 9.93. The van der Waals surface area contributed by atoms with E-state index in [-0.39, 0.29) is 23.0 Å². The standard InChI is InChI=1S/C18H22N2O3S/c1-13-4-8-17(9-5-13)24(22,23)12-15(3)20-18(21)10-16-7-6-14(2)19-11-16/h4-9,11,15H,10,12H2,1-3H3,(H,20,21)/t15-/m0/s1. The Morgan fingerprint density at radius 2 is 1.79 bits per heavy atom. The SMILES string of the molecule is Cc1ccc(S(=O)(=O)C[C@H](C)NC(=O)Cc2ccc(C)nc2)cc1. The normalized spacial score (nSPS) is 12.6. The van der Waals surface area contributed by atoms with E-state index >= 15 is 0 Å². The highest BCUT2D eigenvalue weighted by atomic mass is 32.2. The van der Waals surface area contributed by atoms with E-state index < -0.39 is 15.9 Å². The Hall–Kier alpha value is -2.21. The molecule has 0 bridgehead atoms. The maximum absolute atomic E-state index is 12.4. The summed E-state index contributed by atoms with van der Waals surface area (Å²) in [6.45, 7) is 5.47. The van der Waals surface area contributed by atoms with Crippen molar-refractivity contribution in [3.8, 4) is 0 Å². The molecule has 2 aromatic rings.